The molecule has 1 aromatic heterocycles. The van der Waals surface area contributed by atoms with Gasteiger partial charge in [0.1, 0.15) is 17.3 Å². The molecule has 0 radical (unpaired) electrons. The third kappa shape index (κ3) is 3.77. The number of hydrogen-bond donors (Lipinski definition) is 1. The number of carbonyl (C=O) groups excluding carboxylic acids is 2. The third-order valence-electron chi connectivity index (χ3n) is 5.45. The van der Waals surface area contributed by atoms with Crippen LogP contribution in [0.3, 0.4) is 0 Å². The van der Waals surface area contributed by atoms with Gasteiger partial charge in [-0.15, -0.1) is 0 Å². The first-order chi connectivity index (χ1) is 15.4. The monoisotopic (exact) mass is 432 g/mol. The van der Waals surface area contributed by atoms with Crippen molar-refractivity contribution in [2.45, 2.75) is 33.2 Å². The molecular weight excluding hydrogens is 408 g/mol. The highest BCUT2D eigenvalue weighted by molar-refractivity contribution is 6.51. The summed E-state index contributed by atoms with van der Waals surface area (Å²) in [7, 11) is 0. The summed E-state index contributed by atoms with van der Waals surface area (Å²) in [6.07, 6.45) is 0.856. The molecule has 2 aromatic carbocycles. The summed E-state index contributed by atoms with van der Waals surface area (Å²) in [5, 5.41) is 15.1. The van der Waals surface area contributed by atoms with E-state index in [-0.39, 0.29) is 17.2 Å². The number of hydrogen-bond acceptors (Lipinski definition) is 6. The van der Waals surface area contributed by atoms with Crippen LogP contribution in [0.15, 0.2) is 64.7 Å². The van der Waals surface area contributed by atoms with Gasteiger partial charge in [0, 0.05) is 11.6 Å². The van der Waals surface area contributed by atoms with Gasteiger partial charge in [-0.05, 0) is 55.7 Å². The number of carbonyl (C=O) groups is 2. The lowest BCUT2D eigenvalue weighted by Crippen LogP contribution is -2.29. The predicted octanol–water partition coefficient (Wildman–Crippen LogP) is 4.57. The van der Waals surface area contributed by atoms with E-state index in [1.807, 2.05) is 38.1 Å². The van der Waals surface area contributed by atoms with Gasteiger partial charge in [-0.1, -0.05) is 36.3 Å². The first kappa shape index (κ1) is 21.4. The molecule has 1 fully saturated rings. The van der Waals surface area contributed by atoms with Crippen molar-refractivity contribution in [3.05, 3.63) is 82.6 Å². The fourth-order valence-electron chi connectivity index (χ4n) is 3.82. The number of ketones is 1. The number of ether oxygens (including phenoxy) is 1. The fraction of sp³-hybridized carbons (Fsp3) is 0.240. The van der Waals surface area contributed by atoms with Crippen molar-refractivity contribution in [2.75, 3.05) is 11.5 Å². The van der Waals surface area contributed by atoms with E-state index in [0.717, 1.165) is 12.0 Å². The fourth-order valence-corrected chi connectivity index (χ4v) is 3.82. The molecule has 0 aliphatic carbocycles. The summed E-state index contributed by atoms with van der Waals surface area (Å²) in [6.45, 7) is 6.15. The van der Waals surface area contributed by atoms with Crippen molar-refractivity contribution in [1.29, 1.82) is 0 Å². The Morgan fingerprint density at radius 2 is 1.78 bits per heavy atom. The second-order valence-corrected chi connectivity index (χ2v) is 7.52. The van der Waals surface area contributed by atoms with Crippen LogP contribution < -0.4 is 9.64 Å². The first-order valence-corrected chi connectivity index (χ1v) is 10.5. The Hall–Kier alpha value is -3.87. The number of anilines is 1. The van der Waals surface area contributed by atoms with E-state index in [0.29, 0.717) is 29.2 Å². The number of benzene rings is 2. The average molecular weight is 432 g/mol. The van der Waals surface area contributed by atoms with E-state index in [1.165, 1.54) is 4.90 Å². The van der Waals surface area contributed by atoms with Crippen molar-refractivity contribution in [1.82, 2.24) is 5.16 Å². The molecule has 7 heteroatoms. The topological polar surface area (TPSA) is 92.9 Å². The molecule has 2 heterocycles. The molecular formula is C25H24N2O5. The molecule has 4 rings (SSSR count). The Morgan fingerprint density at radius 1 is 1.09 bits per heavy atom. The largest absolute Gasteiger partial charge is 0.507 e. The van der Waals surface area contributed by atoms with Crippen molar-refractivity contribution >= 4 is 23.3 Å². The molecule has 1 aliphatic rings. The van der Waals surface area contributed by atoms with Gasteiger partial charge in [-0.3, -0.25) is 14.5 Å². The lowest BCUT2D eigenvalue weighted by atomic mass is 9.94. The van der Waals surface area contributed by atoms with Crippen molar-refractivity contribution in [3.63, 3.8) is 0 Å². The minimum absolute atomic E-state index is 0.00376. The van der Waals surface area contributed by atoms with Gasteiger partial charge in [0.05, 0.1) is 18.2 Å². The molecule has 1 amide bonds. The Bertz CT molecular complexity index is 1180. The summed E-state index contributed by atoms with van der Waals surface area (Å²) in [6, 6.07) is 15.1. The van der Waals surface area contributed by atoms with Crippen LogP contribution in [-0.4, -0.2) is 28.6 Å². The lowest BCUT2D eigenvalue weighted by molar-refractivity contribution is -0.132. The van der Waals surface area contributed by atoms with Crippen LogP contribution >= 0.6 is 0 Å². The van der Waals surface area contributed by atoms with Gasteiger partial charge in [-0.2, -0.15) is 0 Å². The SMILES string of the molecule is CCOc1ccc(C(O)=C2C(=O)C(=O)N(c3cc(C)on3)[C@@H]2c2ccc(CC)cc2)cc1. The predicted molar refractivity (Wildman–Crippen MR) is 119 cm³/mol. The number of aliphatic hydroxyl groups excluding tert-OH is 1. The number of aryl methyl sites for hydroxylation is 2. The molecule has 0 bridgehead atoms. The quantitative estimate of drug-likeness (QED) is 0.348. The van der Waals surface area contributed by atoms with Gasteiger partial charge >= 0.3 is 5.91 Å². The van der Waals surface area contributed by atoms with Crippen LogP contribution in [0.1, 0.15) is 42.3 Å². The molecule has 1 atom stereocenters. The van der Waals surface area contributed by atoms with E-state index in [1.54, 1.807) is 37.3 Å². The number of aromatic nitrogens is 1. The summed E-state index contributed by atoms with van der Waals surface area (Å²) in [5.41, 5.74) is 2.23. The minimum Gasteiger partial charge on any atom is -0.507 e. The maximum absolute atomic E-state index is 13.1. The van der Waals surface area contributed by atoms with Crippen LogP contribution in [0.2, 0.25) is 0 Å². The van der Waals surface area contributed by atoms with Crippen LogP contribution in [0.25, 0.3) is 5.76 Å². The van der Waals surface area contributed by atoms with Gasteiger partial charge in [0.25, 0.3) is 5.78 Å². The smallest absolute Gasteiger partial charge is 0.301 e. The molecule has 164 valence electrons. The van der Waals surface area contributed by atoms with Gasteiger partial charge in [-0.25, -0.2) is 0 Å². The van der Waals surface area contributed by atoms with Crippen LogP contribution in [0, 0.1) is 6.92 Å². The zero-order chi connectivity index (χ0) is 22.8. The second-order valence-electron chi connectivity index (χ2n) is 7.52. The van der Waals surface area contributed by atoms with Gasteiger partial charge in [0.15, 0.2) is 5.82 Å². The van der Waals surface area contributed by atoms with E-state index in [9.17, 15) is 14.7 Å². The molecule has 0 saturated carbocycles. The molecule has 7 nitrogen and oxygen atoms in total. The van der Waals surface area contributed by atoms with Crippen LogP contribution in [-0.2, 0) is 16.0 Å². The van der Waals surface area contributed by atoms with Crippen LogP contribution in [0.5, 0.6) is 5.75 Å². The molecule has 1 aliphatic heterocycles. The summed E-state index contributed by atoms with van der Waals surface area (Å²) in [5.74, 6) is -0.418. The number of Topliss-reactive ketones (excluding diaryl/α,β-unsaturated/α-hetero) is 1. The van der Waals surface area contributed by atoms with Crippen molar-refractivity contribution in [2.24, 2.45) is 0 Å². The average Bonchev–Trinajstić information content (AvgIpc) is 3.34. The molecule has 3 aromatic rings. The van der Waals surface area contributed by atoms with Crippen molar-refractivity contribution < 1.29 is 24.0 Å². The Balaban J connectivity index is 1.86. The van der Waals surface area contributed by atoms with E-state index in [4.69, 9.17) is 9.26 Å². The third-order valence-corrected chi connectivity index (χ3v) is 5.45. The molecule has 32 heavy (non-hydrogen) atoms. The maximum atomic E-state index is 13.1. The second kappa shape index (κ2) is 8.70. The normalized spacial score (nSPS) is 17.7. The highest BCUT2D eigenvalue weighted by Gasteiger charge is 2.48. The maximum Gasteiger partial charge on any atom is 0.301 e. The van der Waals surface area contributed by atoms with Gasteiger partial charge < -0.3 is 14.4 Å². The van der Waals surface area contributed by atoms with Gasteiger partial charge in [0.2, 0.25) is 0 Å². The number of nitrogens with zero attached hydrogens (tertiary/aromatic N) is 2. The number of amides is 1. The zero-order valence-corrected chi connectivity index (χ0v) is 18.2. The molecule has 1 N–H and O–H groups in total. The Morgan fingerprint density at radius 3 is 2.34 bits per heavy atom. The molecule has 0 unspecified atom stereocenters. The highest BCUT2D eigenvalue weighted by Crippen LogP contribution is 2.42. The van der Waals surface area contributed by atoms with E-state index >= 15 is 0 Å². The number of aliphatic hydroxyl groups is 1. The van der Waals surface area contributed by atoms with E-state index < -0.39 is 17.7 Å². The van der Waals surface area contributed by atoms with Crippen LogP contribution in [0.4, 0.5) is 5.82 Å². The standard InChI is InChI=1S/C25H24N2O5/c1-4-16-6-8-17(9-7-16)22-21(23(28)18-10-12-19(13-11-18)31-5-2)24(29)25(30)27(22)20-14-15(3)32-26-20/h6-14,22,28H,4-5H2,1-3H3/t22-/m1/s1. The zero-order valence-electron chi connectivity index (χ0n) is 18.2. The summed E-state index contributed by atoms with van der Waals surface area (Å²) < 4.78 is 10.6. The lowest BCUT2D eigenvalue weighted by Gasteiger charge is -2.23. The Kier molecular flexibility index (Phi) is 5.81. The minimum atomic E-state index is -0.836. The van der Waals surface area contributed by atoms with Crippen molar-refractivity contribution in [3.8, 4) is 5.75 Å². The molecule has 0 spiro atoms. The highest BCUT2D eigenvalue weighted by atomic mass is 16.5. The molecule has 1 saturated heterocycles. The Labute approximate surface area is 185 Å². The number of rotatable bonds is 6. The first-order valence-electron chi connectivity index (χ1n) is 10.5. The summed E-state index contributed by atoms with van der Waals surface area (Å²) in [4.78, 5) is 27.4. The van der Waals surface area contributed by atoms with E-state index in [2.05, 4.69) is 5.16 Å². The summed E-state index contributed by atoms with van der Waals surface area (Å²) >= 11 is 0.